The van der Waals surface area contributed by atoms with Crippen LogP contribution in [0.4, 0.5) is 0 Å². The first kappa shape index (κ1) is 12.8. The summed E-state index contributed by atoms with van der Waals surface area (Å²) < 4.78 is 0. The lowest BCUT2D eigenvalue weighted by atomic mass is 9.50. The number of aromatic nitrogens is 1. The summed E-state index contributed by atoms with van der Waals surface area (Å²) in [6, 6.07) is 4.51. The summed E-state index contributed by atoms with van der Waals surface area (Å²) in [6.45, 7) is 0.775. The molecule has 2 heteroatoms. The zero-order valence-corrected chi connectivity index (χ0v) is 12.3. The Bertz CT molecular complexity index is 454. The van der Waals surface area contributed by atoms with Gasteiger partial charge in [0, 0.05) is 11.9 Å². The zero-order valence-electron chi connectivity index (χ0n) is 12.3. The maximum Gasteiger partial charge on any atom is 0.0439 e. The van der Waals surface area contributed by atoms with Gasteiger partial charge in [-0.05, 0) is 92.7 Å². The number of pyridine rings is 1. The molecule has 0 aromatic carbocycles. The molecule has 1 aromatic rings. The molecule has 0 amide bonds. The highest BCUT2D eigenvalue weighted by Gasteiger charge is 2.48. The minimum absolute atomic E-state index is 0.775. The molecule has 2 N–H and O–H groups in total. The molecule has 0 saturated heterocycles. The van der Waals surface area contributed by atoms with Crippen LogP contribution in [-0.2, 0) is 6.42 Å². The van der Waals surface area contributed by atoms with E-state index < -0.39 is 0 Å². The number of nitrogens with zero attached hydrogens (tertiary/aromatic N) is 1. The van der Waals surface area contributed by atoms with Crippen LogP contribution in [0, 0.1) is 23.7 Å². The zero-order chi connectivity index (χ0) is 13.5. The van der Waals surface area contributed by atoms with Crippen molar-refractivity contribution < 1.29 is 0 Å². The first-order valence-corrected chi connectivity index (χ1v) is 8.49. The summed E-state index contributed by atoms with van der Waals surface area (Å²) in [5, 5.41) is 0. The summed E-state index contributed by atoms with van der Waals surface area (Å²) in [6.07, 6.45) is 11.6. The van der Waals surface area contributed by atoms with E-state index >= 15 is 0 Å². The van der Waals surface area contributed by atoms with Gasteiger partial charge in [-0.25, -0.2) is 0 Å². The summed E-state index contributed by atoms with van der Waals surface area (Å²) >= 11 is 0. The Hall–Kier alpha value is -0.890. The normalized spacial score (nSPS) is 38.4. The molecule has 4 aliphatic rings. The predicted octanol–water partition coefficient (Wildman–Crippen LogP) is 3.51. The molecule has 0 spiro atoms. The standard InChI is InChI=1S/C18H26N2/c19-5-1-4-17-16(3-2-6-20-17)18-14-8-12-7-13(10-14)11-15(18)9-12/h2-3,6,12-15,18H,1,4-5,7-11,19H2. The fourth-order valence-electron chi connectivity index (χ4n) is 5.67. The molecule has 4 aliphatic carbocycles. The van der Waals surface area contributed by atoms with Gasteiger partial charge in [-0.2, -0.15) is 0 Å². The van der Waals surface area contributed by atoms with E-state index in [4.69, 9.17) is 10.7 Å². The molecule has 1 aromatic heterocycles. The molecule has 4 bridgehead atoms. The Balaban J connectivity index is 1.64. The minimum Gasteiger partial charge on any atom is -0.330 e. The molecule has 5 rings (SSSR count). The Kier molecular flexibility index (Phi) is 3.30. The Morgan fingerprint density at radius 1 is 1.05 bits per heavy atom. The number of hydrogen-bond donors (Lipinski definition) is 1. The maximum absolute atomic E-state index is 5.69. The van der Waals surface area contributed by atoms with Gasteiger partial charge in [0.15, 0.2) is 0 Å². The van der Waals surface area contributed by atoms with Gasteiger partial charge in [0.2, 0.25) is 0 Å². The van der Waals surface area contributed by atoms with Gasteiger partial charge in [0.1, 0.15) is 0 Å². The van der Waals surface area contributed by atoms with Gasteiger partial charge < -0.3 is 5.73 Å². The van der Waals surface area contributed by atoms with E-state index in [1.165, 1.54) is 37.8 Å². The lowest BCUT2D eigenvalue weighted by molar-refractivity contribution is -0.00319. The van der Waals surface area contributed by atoms with Crippen LogP contribution in [0.5, 0.6) is 0 Å². The van der Waals surface area contributed by atoms with Crippen LogP contribution < -0.4 is 5.73 Å². The molecule has 1 heterocycles. The van der Waals surface area contributed by atoms with E-state index in [1.807, 2.05) is 6.20 Å². The highest BCUT2D eigenvalue weighted by molar-refractivity contribution is 5.28. The SMILES string of the molecule is NCCCc1ncccc1C1C2CC3CC(C2)CC1C3. The Morgan fingerprint density at radius 2 is 1.75 bits per heavy atom. The molecule has 4 fully saturated rings. The summed E-state index contributed by atoms with van der Waals surface area (Å²) in [5.74, 6) is 4.82. The maximum atomic E-state index is 5.69. The Labute approximate surface area is 122 Å². The van der Waals surface area contributed by atoms with Gasteiger partial charge in [0.05, 0.1) is 0 Å². The van der Waals surface area contributed by atoms with Crippen molar-refractivity contribution in [3.05, 3.63) is 29.6 Å². The molecule has 20 heavy (non-hydrogen) atoms. The number of rotatable bonds is 4. The second-order valence-corrected chi connectivity index (χ2v) is 7.39. The number of nitrogens with two attached hydrogens (primary N) is 1. The van der Waals surface area contributed by atoms with Crippen LogP contribution in [0.25, 0.3) is 0 Å². The van der Waals surface area contributed by atoms with Crippen molar-refractivity contribution in [2.24, 2.45) is 29.4 Å². The van der Waals surface area contributed by atoms with E-state index in [0.29, 0.717) is 0 Å². The van der Waals surface area contributed by atoms with Crippen molar-refractivity contribution in [1.82, 2.24) is 4.98 Å². The molecule has 4 saturated carbocycles. The van der Waals surface area contributed by atoms with Gasteiger partial charge >= 0.3 is 0 Å². The van der Waals surface area contributed by atoms with Crippen LogP contribution >= 0.6 is 0 Å². The van der Waals surface area contributed by atoms with Crippen molar-refractivity contribution >= 4 is 0 Å². The van der Waals surface area contributed by atoms with Crippen LogP contribution in [0.15, 0.2) is 18.3 Å². The number of aryl methyl sites for hydroxylation is 1. The molecule has 0 aliphatic heterocycles. The Morgan fingerprint density at radius 3 is 2.40 bits per heavy atom. The summed E-state index contributed by atoms with van der Waals surface area (Å²) in [5.41, 5.74) is 8.61. The van der Waals surface area contributed by atoms with E-state index in [1.54, 1.807) is 5.56 Å². The molecule has 0 atom stereocenters. The van der Waals surface area contributed by atoms with E-state index in [-0.39, 0.29) is 0 Å². The smallest absolute Gasteiger partial charge is 0.0439 e. The average molecular weight is 270 g/mol. The van der Waals surface area contributed by atoms with Crippen LogP contribution in [0.3, 0.4) is 0 Å². The van der Waals surface area contributed by atoms with Crippen LogP contribution in [0.1, 0.15) is 55.7 Å². The molecule has 0 radical (unpaired) electrons. The molecular formula is C18H26N2. The van der Waals surface area contributed by atoms with Gasteiger partial charge in [-0.15, -0.1) is 0 Å². The van der Waals surface area contributed by atoms with E-state index in [0.717, 1.165) is 49.0 Å². The molecule has 2 nitrogen and oxygen atoms in total. The summed E-state index contributed by atoms with van der Waals surface area (Å²) in [7, 11) is 0. The molecular weight excluding hydrogens is 244 g/mol. The second-order valence-electron chi connectivity index (χ2n) is 7.39. The first-order chi connectivity index (χ1) is 9.85. The largest absolute Gasteiger partial charge is 0.330 e. The van der Waals surface area contributed by atoms with Crippen molar-refractivity contribution in [3.8, 4) is 0 Å². The minimum atomic E-state index is 0.775. The van der Waals surface area contributed by atoms with Gasteiger partial charge in [0.25, 0.3) is 0 Å². The highest BCUT2D eigenvalue weighted by atomic mass is 14.7. The lowest BCUT2D eigenvalue weighted by Crippen LogP contribution is -2.44. The lowest BCUT2D eigenvalue weighted by Gasteiger charge is -2.54. The monoisotopic (exact) mass is 270 g/mol. The van der Waals surface area contributed by atoms with Gasteiger partial charge in [-0.3, -0.25) is 4.98 Å². The molecule has 0 unspecified atom stereocenters. The van der Waals surface area contributed by atoms with E-state index in [2.05, 4.69) is 12.1 Å². The van der Waals surface area contributed by atoms with Crippen molar-refractivity contribution in [2.45, 2.75) is 50.9 Å². The third-order valence-electron chi connectivity index (χ3n) is 6.13. The fourth-order valence-corrected chi connectivity index (χ4v) is 5.67. The van der Waals surface area contributed by atoms with Crippen LogP contribution in [0.2, 0.25) is 0 Å². The average Bonchev–Trinajstić information content (AvgIpc) is 2.45. The number of hydrogen-bond acceptors (Lipinski definition) is 2. The van der Waals surface area contributed by atoms with Crippen molar-refractivity contribution in [2.75, 3.05) is 6.54 Å². The van der Waals surface area contributed by atoms with E-state index in [9.17, 15) is 0 Å². The first-order valence-electron chi connectivity index (χ1n) is 8.49. The highest BCUT2D eigenvalue weighted by Crippen LogP contribution is 2.60. The topological polar surface area (TPSA) is 38.9 Å². The third-order valence-corrected chi connectivity index (χ3v) is 6.13. The van der Waals surface area contributed by atoms with Gasteiger partial charge in [-0.1, -0.05) is 6.07 Å². The predicted molar refractivity (Wildman–Crippen MR) is 81.4 cm³/mol. The quantitative estimate of drug-likeness (QED) is 0.909. The van der Waals surface area contributed by atoms with Crippen LogP contribution in [-0.4, -0.2) is 11.5 Å². The van der Waals surface area contributed by atoms with Crippen molar-refractivity contribution in [1.29, 1.82) is 0 Å². The summed E-state index contributed by atoms with van der Waals surface area (Å²) in [4.78, 5) is 4.69. The fraction of sp³-hybridized carbons (Fsp3) is 0.722. The third kappa shape index (κ3) is 2.09. The second kappa shape index (κ2) is 5.14. The molecule has 108 valence electrons. The van der Waals surface area contributed by atoms with Crippen molar-refractivity contribution in [3.63, 3.8) is 0 Å².